The summed E-state index contributed by atoms with van der Waals surface area (Å²) in [6, 6.07) is 6.92. The Hall–Kier alpha value is -1.68. The molecule has 114 valence electrons. The Morgan fingerprint density at radius 2 is 2.24 bits per heavy atom. The molecule has 0 aliphatic rings. The van der Waals surface area contributed by atoms with E-state index in [1.165, 1.54) is 6.07 Å². The van der Waals surface area contributed by atoms with Crippen molar-refractivity contribution in [3.8, 4) is 0 Å². The van der Waals surface area contributed by atoms with Crippen LogP contribution in [-0.2, 0) is 19.9 Å². The largest absolute Gasteiger partial charge is 0.338 e. The normalized spacial score (nSPS) is 12.5. The van der Waals surface area contributed by atoms with Crippen LogP contribution in [0.5, 0.6) is 0 Å². The molecule has 0 spiro atoms. The molecular weight excluding hydrogens is 265 g/mol. The van der Waals surface area contributed by atoms with Crippen molar-refractivity contribution >= 4 is 0 Å². The van der Waals surface area contributed by atoms with Crippen molar-refractivity contribution in [2.75, 3.05) is 13.1 Å². The average Bonchev–Trinajstić information content (AvgIpc) is 2.87. The molecule has 0 radical (unpaired) electrons. The number of hydrogen-bond donors (Lipinski definition) is 1. The smallest absolute Gasteiger partial charge is 0.123 e. The summed E-state index contributed by atoms with van der Waals surface area (Å²) in [4.78, 5) is 4.37. The first kappa shape index (κ1) is 15.7. The van der Waals surface area contributed by atoms with Gasteiger partial charge in [0.2, 0.25) is 0 Å². The second-order valence-corrected chi connectivity index (χ2v) is 5.50. The summed E-state index contributed by atoms with van der Waals surface area (Å²) in [6.07, 6.45) is 6.71. The fraction of sp³-hybridized carbons (Fsp3) is 0.471. The molecule has 1 aromatic carbocycles. The minimum absolute atomic E-state index is 0.154. The summed E-state index contributed by atoms with van der Waals surface area (Å²) in [5.41, 5.74) is 1.07. The van der Waals surface area contributed by atoms with E-state index in [4.69, 9.17) is 0 Å². The predicted octanol–water partition coefficient (Wildman–Crippen LogP) is 2.96. The molecule has 2 aromatic rings. The van der Waals surface area contributed by atoms with Gasteiger partial charge in [0.25, 0.3) is 0 Å². The van der Waals surface area contributed by atoms with Crippen LogP contribution in [0.15, 0.2) is 36.7 Å². The van der Waals surface area contributed by atoms with Gasteiger partial charge < -0.3 is 9.88 Å². The lowest BCUT2D eigenvalue weighted by Gasteiger charge is -2.17. The summed E-state index contributed by atoms with van der Waals surface area (Å²) in [7, 11) is 2.02. The molecule has 0 amide bonds. The molecule has 1 unspecified atom stereocenters. The fourth-order valence-electron chi connectivity index (χ4n) is 2.59. The van der Waals surface area contributed by atoms with Gasteiger partial charge in [0.15, 0.2) is 0 Å². The third-order valence-corrected chi connectivity index (χ3v) is 3.79. The van der Waals surface area contributed by atoms with Crippen molar-refractivity contribution in [2.45, 2.75) is 26.2 Å². The first-order valence-corrected chi connectivity index (χ1v) is 7.60. The first-order valence-electron chi connectivity index (χ1n) is 7.60. The molecule has 2 rings (SSSR count). The van der Waals surface area contributed by atoms with Gasteiger partial charge in [0.1, 0.15) is 11.6 Å². The highest BCUT2D eigenvalue weighted by Crippen LogP contribution is 2.15. The third kappa shape index (κ3) is 4.97. The second-order valence-electron chi connectivity index (χ2n) is 5.50. The number of benzene rings is 1. The molecule has 1 atom stereocenters. The molecule has 1 aromatic heterocycles. The van der Waals surface area contributed by atoms with E-state index in [2.05, 4.69) is 21.8 Å². The van der Waals surface area contributed by atoms with Crippen molar-refractivity contribution in [1.29, 1.82) is 0 Å². The van der Waals surface area contributed by atoms with Gasteiger partial charge in [-0.15, -0.1) is 0 Å². The van der Waals surface area contributed by atoms with Crippen LogP contribution >= 0.6 is 0 Å². The minimum atomic E-state index is -0.154. The lowest BCUT2D eigenvalue weighted by molar-refractivity contribution is 0.442. The highest BCUT2D eigenvalue weighted by atomic mass is 19.1. The molecule has 0 bridgehead atoms. The summed E-state index contributed by atoms with van der Waals surface area (Å²) < 4.78 is 15.4. The van der Waals surface area contributed by atoms with Gasteiger partial charge in [-0.25, -0.2) is 9.37 Å². The summed E-state index contributed by atoms with van der Waals surface area (Å²) in [5, 5.41) is 3.41. The van der Waals surface area contributed by atoms with Crippen LogP contribution in [0.1, 0.15) is 24.7 Å². The molecular formula is C17H24FN3. The van der Waals surface area contributed by atoms with Crippen molar-refractivity contribution in [2.24, 2.45) is 13.0 Å². The molecule has 0 fully saturated rings. The molecule has 3 nitrogen and oxygen atoms in total. The zero-order valence-electron chi connectivity index (χ0n) is 12.8. The maximum Gasteiger partial charge on any atom is 0.123 e. The van der Waals surface area contributed by atoms with Crippen molar-refractivity contribution in [3.05, 3.63) is 53.9 Å². The molecule has 0 saturated carbocycles. The summed E-state index contributed by atoms with van der Waals surface area (Å²) >= 11 is 0. The van der Waals surface area contributed by atoms with E-state index in [0.29, 0.717) is 5.92 Å². The van der Waals surface area contributed by atoms with Crippen LogP contribution in [0.4, 0.5) is 4.39 Å². The zero-order valence-corrected chi connectivity index (χ0v) is 12.8. The maximum absolute atomic E-state index is 13.3. The van der Waals surface area contributed by atoms with Gasteiger partial charge in [0, 0.05) is 25.9 Å². The standard InChI is InChI=1S/C17H24FN3/c1-3-19-13-15(7-8-17-20-9-10-21(17)2)11-14-5-4-6-16(18)12-14/h4-6,9-10,12,15,19H,3,7-8,11,13H2,1-2H3. The fourth-order valence-corrected chi connectivity index (χ4v) is 2.59. The van der Waals surface area contributed by atoms with Gasteiger partial charge in [-0.05, 0) is 49.5 Å². The third-order valence-electron chi connectivity index (χ3n) is 3.79. The van der Waals surface area contributed by atoms with E-state index in [9.17, 15) is 4.39 Å². The summed E-state index contributed by atoms with van der Waals surface area (Å²) in [6.45, 7) is 4.03. The average molecular weight is 289 g/mol. The van der Waals surface area contributed by atoms with E-state index in [1.807, 2.05) is 25.5 Å². The highest BCUT2D eigenvalue weighted by Gasteiger charge is 2.11. The van der Waals surface area contributed by atoms with Crippen LogP contribution in [-0.4, -0.2) is 22.6 Å². The van der Waals surface area contributed by atoms with Gasteiger partial charge in [-0.3, -0.25) is 0 Å². The van der Waals surface area contributed by atoms with E-state index in [1.54, 1.807) is 12.1 Å². The number of aromatic nitrogens is 2. The number of imidazole rings is 1. The Balaban J connectivity index is 1.95. The van der Waals surface area contributed by atoms with Crippen LogP contribution in [0.3, 0.4) is 0 Å². The molecule has 0 saturated heterocycles. The number of aryl methyl sites for hydroxylation is 2. The van der Waals surface area contributed by atoms with E-state index in [-0.39, 0.29) is 5.82 Å². The Morgan fingerprint density at radius 3 is 2.90 bits per heavy atom. The monoisotopic (exact) mass is 289 g/mol. The van der Waals surface area contributed by atoms with Gasteiger partial charge >= 0.3 is 0 Å². The van der Waals surface area contributed by atoms with Crippen molar-refractivity contribution in [3.63, 3.8) is 0 Å². The van der Waals surface area contributed by atoms with Gasteiger partial charge in [-0.2, -0.15) is 0 Å². The number of halogens is 1. The number of nitrogens with one attached hydrogen (secondary N) is 1. The van der Waals surface area contributed by atoms with Crippen molar-refractivity contribution in [1.82, 2.24) is 14.9 Å². The van der Waals surface area contributed by atoms with Crippen LogP contribution < -0.4 is 5.32 Å². The number of nitrogens with zero attached hydrogens (tertiary/aromatic N) is 2. The predicted molar refractivity (Wildman–Crippen MR) is 83.7 cm³/mol. The Kier molecular flexibility index (Phi) is 5.93. The Labute approximate surface area is 126 Å². The lowest BCUT2D eigenvalue weighted by atomic mass is 9.94. The molecule has 0 aliphatic carbocycles. The minimum Gasteiger partial charge on any atom is -0.338 e. The zero-order chi connectivity index (χ0) is 15.1. The van der Waals surface area contributed by atoms with Crippen LogP contribution in [0, 0.1) is 11.7 Å². The van der Waals surface area contributed by atoms with Crippen molar-refractivity contribution < 1.29 is 4.39 Å². The molecule has 0 aliphatic heterocycles. The molecule has 4 heteroatoms. The quantitative estimate of drug-likeness (QED) is 0.809. The van der Waals surface area contributed by atoms with Crippen LogP contribution in [0.25, 0.3) is 0 Å². The van der Waals surface area contributed by atoms with Gasteiger partial charge in [0.05, 0.1) is 0 Å². The second kappa shape index (κ2) is 7.93. The summed E-state index contributed by atoms with van der Waals surface area (Å²) in [5.74, 6) is 1.44. The van der Waals surface area contributed by atoms with Gasteiger partial charge in [-0.1, -0.05) is 19.1 Å². The Bertz CT molecular complexity index is 550. The topological polar surface area (TPSA) is 29.9 Å². The Morgan fingerprint density at radius 1 is 1.38 bits per heavy atom. The SMILES string of the molecule is CCNCC(CCc1nccn1C)Cc1cccc(F)c1. The highest BCUT2D eigenvalue weighted by molar-refractivity contribution is 5.17. The molecule has 1 N–H and O–H groups in total. The molecule has 1 heterocycles. The maximum atomic E-state index is 13.3. The molecule has 21 heavy (non-hydrogen) atoms. The first-order chi connectivity index (χ1) is 10.2. The number of hydrogen-bond acceptors (Lipinski definition) is 2. The van der Waals surface area contributed by atoms with E-state index >= 15 is 0 Å². The number of rotatable bonds is 8. The van der Waals surface area contributed by atoms with Crippen LogP contribution in [0.2, 0.25) is 0 Å². The lowest BCUT2D eigenvalue weighted by Crippen LogP contribution is -2.25. The van der Waals surface area contributed by atoms with E-state index in [0.717, 1.165) is 43.7 Å². The van der Waals surface area contributed by atoms with E-state index < -0.39 is 0 Å².